The lowest BCUT2D eigenvalue weighted by atomic mass is 10.1. The van der Waals surface area contributed by atoms with Gasteiger partial charge in [0.2, 0.25) is 11.8 Å². The summed E-state index contributed by atoms with van der Waals surface area (Å²) < 4.78 is 0. The number of rotatable bonds is 5. The van der Waals surface area contributed by atoms with Gasteiger partial charge in [-0.3, -0.25) is 14.4 Å². The van der Waals surface area contributed by atoms with E-state index in [1.54, 1.807) is 24.3 Å². The molecule has 2 amide bonds. The smallest absolute Gasteiger partial charge is 0.307 e. The van der Waals surface area contributed by atoms with Crippen LogP contribution in [0.15, 0.2) is 24.3 Å². The zero-order valence-electron chi connectivity index (χ0n) is 11.0. The largest absolute Gasteiger partial charge is 0.481 e. The van der Waals surface area contributed by atoms with Crippen molar-refractivity contribution in [3.63, 3.8) is 0 Å². The number of carboxylic acids is 1. The Balaban J connectivity index is 1.93. The minimum atomic E-state index is -0.920. The second-order valence-electron chi connectivity index (χ2n) is 4.74. The molecule has 1 heterocycles. The van der Waals surface area contributed by atoms with Crippen LogP contribution in [0.2, 0.25) is 0 Å². The minimum Gasteiger partial charge on any atom is -0.481 e. The summed E-state index contributed by atoms with van der Waals surface area (Å²) in [7, 11) is 0. The summed E-state index contributed by atoms with van der Waals surface area (Å²) in [5, 5.41) is 11.4. The van der Waals surface area contributed by atoms with Gasteiger partial charge in [-0.2, -0.15) is 0 Å². The molecule has 0 unspecified atom stereocenters. The number of carboxylic acid groups (broad SMARTS) is 1. The molecule has 1 aromatic rings. The third-order valence-corrected chi connectivity index (χ3v) is 3.07. The standard InChI is InChI=1S/C14H16N2O4/c17-12(9-16-6-2-5-13(16)18)15-11-4-1-3-10(7-11)8-14(19)20/h1,3-4,7H,2,5-6,8-9H2,(H,15,17)(H,19,20). The lowest BCUT2D eigenvalue weighted by molar-refractivity contribution is -0.136. The molecule has 1 saturated heterocycles. The lowest BCUT2D eigenvalue weighted by Crippen LogP contribution is -2.33. The molecule has 0 bridgehead atoms. The quantitative estimate of drug-likeness (QED) is 0.835. The zero-order valence-corrected chi connectivity index (χ0v) is 11.0. The predicted octanol–water partition coefficient (Wildman–Crippen LogP) is 0.875. The first-order valence-electron chi connectivity index (χ1n) is 6.43. The summed E-state index contributed by atoms with van der Waals surface area (Å²) in [6, 6.07) is 6.69. The maximum atomic E-state index is 11.8. The average molecular weight is 276 g/mol. The Morgan fingerprint density at radius 2 is 2.15 bits per heavy atom. The third-order valence-electron chi connectivity index (χ3n) is 3.07. The monoisotopic (exact) mass is 276 g/mol. The molecule has 0 aromatic heterocycles. The molecule has 0 saturated carbocycles. The Kier molecular flexibility index (Phi) is 4.34. The Morgan fingerprint density at radius 3 is 2.80 bits per heavy atom. The average Bonchev–Trinajstić information content (AvgIpc) is 2.74. The molecular weight excluding hydrogens is 260 g/mol. The SMILES string of the molecule is O=C(O)Cc1cccc(NC(=O)CN2CCCC2=O)c1. The van der Waals surface area contributed by atoms with E-state index in [1.165, 1.54) is 4.90 Å². The van der Waals surface area contributed by atoms with Gasteiger partial charge in [0.1, 0.15) is 0 Å². The molecule has 0 spiro atoms. The highest BCUT2D eigenvalue weighted by atomic mass is 16.4. The van der Waals surface area contributed by atoms with Crippen LogP contribution < -0.4 is 5.32 Å². The van der Waals surface area contributed by atoms with Crippen molar-refractivity contribution in [2.24, 2.45) is 0 Å². The van der Waals surface area contributed by atoms with Crippen molar-refractivity contribution < 1.29 is 19.5 Å². The molecule has 2 N–H and O–H groups in total. The van der Waals surface area contributed by atoms with Crippen molar-refractivity contribution in [3.05, 3.63) is 29.8 Å². The molecular formula is C14H16N2O4. The molecule has 1 fully saturated rings. The zero-order chi connectivity index (χ0) is 14.5. The van der Waals surface area contributed by atoms with Gasteiger partial charge in [-0.25, -0.2) is 0 Å². The van der Waals surface area contributed by atoms with Crippen LogP contribution in [0.3, 0.4) is 0 Å². The van der Waals surface area contributed by atoms with Gasteiger partial charge in [-0.05, 0) is 24.1 Å². The number of aliphatic carboxylic acids is 1. The van der Waals surface area contributed by atoms with Crippen LogP contribution in [0.1, 0.15) is 18.4 Å². The van der Waals surface area contributed by atoms with E-state index in [1.807, 2.05) is 0 Å². The molecule has 0 atom stereocenters. The fourth-order valence-corrected chi connectivity index (χ4v) is 2.18. The number of anilines is 1. The number of hydrogen-bond donors (Lipinski definition) is 2. The fraction of sp³-hybridized carbons (Fsp3) is 0.357. The summed E-state index contributed by atoms with van der Waals surface area (Å²) in [6.07, 6.45) is 1.20. The van der Waals surface area contributed by atoms with Crippen LogP contribution in [-0.4, -0.2) is 40.9 Å². The van der Waals surface area contributed by atoms with Crippen LogP contribution in [0, 0.1) is 0 Å². The molecule has 6 heteroatoms. The second-order valence-corrected chi connectivity index (χ2v) is 4.74. The molecule has 6 nitrogen and oxygen atoms in total. The molecule has 1 aliphatic rings. The number of hydrogen-bond acceptors (Lipinski definition) is 3. The molecule has 1 aromatic carbocycles. The first-order chi connectivity index (χ1) is 9.54. The van der Waals surface area contributed by atoms with E-state index in [9.17, 15) is 14.4 Å². The highest BCUT2D eigenvalue weighted by molar-refractivity contribution is 5.95. The normalized spacial score (nSPS) is 14.4. The first-order valence-corrected chi connectivity index (χ1v) is 6.43. The van der Waals surface area contributed by atoms with E-state index in [4.69, 9.17) is 5.11 Å². The van der Waals surface area contributed by atoms with Gasteiger partial charge in [0.05, 0.1) is 13.0 Å². The van der Waals surface area contributed by atoms with Crippen molar-refractivity contribution in [2.75, 3.05) is 18.4 Å². The van der Waals surface area contributed by atoms with E-state index >= 15 is 0 Å². The van der Waals surface area contributed by atoms with E-state index in [2.05, 4.69) is 5.32 Å². The molecule has 1 aliphatic heterocycles. The maximum Gasteiger partial charge on any atom is 0.307 e. The number of nitrogens with one attached hydrogen (secondary N) is 1. The topological polar surface area (TPSA) is 86.7 Å². The molecule has 2 rings (SSSR count). The number of nitrogens with zero attached hydrogens (tertiary/aromatic N) is 1. The van der Waals surface area contributed by atoms with Gasteiger partial charge >= 0.3 is 5.97 Å². The number of likely N-dealkylation sites (tertiary alicyclic amines) is 1. The van der Waals surface area contributed by atoms with Gasteiger partial charge in [0, 0.05) is 18.7 Å². The minimum absolute atomic E-state index is 0.000206. The number of carbonyl (C=O) groups is 3. The van der Waals surface area contributed by atoms with Gasteiger partial charge in [0.15, 0.2) is 0 Å². The molecule has 0 aliphatic carbocycles. The van der Waals surface area contributed by atoms with Crippen LogP contribution in [-0.2, 0) is 20.8 Å². The number of amides is 2. The highest BCUT2D eigenvalue weighted by Gasteiger charge is 2.22. The van der Waals surface area contributed by atoms with Crippen molar-refractivity contribution >= 4 is 23.5 Å². The Bertz CT molecular complexity index is 542. The van der Waals surface area contributed by atoms with Crippen LogP contribution in [0.25, 0.3) is 0 Å². The lowest BCUT2D eigenvalue weighted by Gasteiger charge is -2.15. The number of benzene rings is 1. The Hall–Kier alpha value is -2.37. The molecule has 0 radical (unpaired) electrons. The summed E-state index contributed by atoms with van der Waals surface area (Å²) in [4.78, 5) is 35.4. The number of carbonyl (C=O) groups excluding carboxylic acids is 2. The van der Waals surface area contributed by atoms with Gasteiger partial charge < -0.3 is 15.3 Å². The summed E-state index contributed by atoms with van der Waals surface area (Å²) in [5.41, 5.74) is 1.16. The highest BCUT2D eigenvalue weighted by Crippen LogP contribution is 2.13. The van der Waals surface area contributed by atoms with Gasteiger partial charge in [-0.15, -0.1) is 0 Å². The van der Waals surface area contributed by atoms with E-state index in [0.29, 0.717) is 24.2 Å². The van der Waals surface area contributed by atoms with Crippen LogP contribution in [0.5, 0.6) is 0 Å². The summed E-state index contributed by atoms with van der Waals surface area (Å²) in [6.45, 7) is 0.660. The van der Waals surface area contributed by atoms with Gasteiger partial charge in [-0.1, -0.05) is 12.1 Å². The Morgan fingerprint density at radius 1 is 1.35 bits per heavy atom. The van der Waals surface area contributed by atoms with Crippen molar-refractivity contribution in [1.29, 1.82) is 0 Å². The van der Waals surface area contributed by atoms with E-state index < -0.39 is 5.97 Å². The predicted molar refractivity (Wildman–Crippen MR) is 72.2 cm³/mol. The molecule has 106 valence electrons. The maximum absolute atomic E-state index is 11.8. The molecule has 20 heavy (non-hydrogen) atoms. The van der Waals surface area contributed by atoms with Crippen LogP contribution in [0.4, 0.5) is 5.69 Å². The first kappa shape index (κ1) is 14.0. The summed E-state index contributed by atoms with van der Waals surface area (Å²) >= 11 is 0. The second kappa shape index (κ2) is 6.18. The van der Waals surface area contributed by atoms with Crippen molar-refractivity contribution in [1.82, 2.24) is 4.90 Å². The van der Waals surface area contributed by atoms with Crippen LogP contribution >= 0.6 is 0 Å². The van der Waals surface area contributed by atoms with Crippen molar-refractivity contribution in [2.45, 2.75) is 19.3 Å². The van der Waals surface area contributed by atoms with E-state index in [-0.39, 0.29) is 24.8 Å². The van der Waals surface area contributed by atoms with Gasteiger partial charge in [0.25, 0.3) is 0 Å². The summed E-state index contributed by atoms with van der Waals surface area (Å²) in [5.74, 6) is -1.19. The van der Waals surface area contributed by atoms with Crippen molar-refractivity contribution in [3.8, 4) is 0 Å². The Labute approximate surface area is 116 Å². The third kappa shape index (κ3) is 3.81. The van der Waals surface area contributed by atoms with E-state index in [0.717, 1.165) is 6.42 Å². The fourth-order valence-electron chi connectivity index (χ4n) is 2.18.